The second kappa shape index (κ2) is 8.98. The van der Waals surface area contributed by atoms with Crippen LogP contribution in [0.5, 0.6) is 0 Å². The summed E-state index contributed by atoms with van der Waals surface area (Å²) in [7, 11) is 0. The van der Waals surface area contributed by atoms with Gasteiger partial charge in [-0.3, -0.25) is 9.69 Å². The summed E-state index contributed by atoms with van der Waals surface area (Å²) in [5, 5.41) is 22.8. The van der Waals surface area contributed by atoms with E-state index >= 15 is 0 Å². The number of fused-ring (bicyclic) bond motifs is 1. The maximum Gasteiger partial charge on any atom is 0.260 e. The van der Waals surface area contributed by atoms with Crippen LogP contribution in [-0.2, 0) is 12.0 Å². The predicted molar refractivity (Wildman–Crippen MR) is 142 cm³/mol. The van der Waals surface area contributed by atoms with Gasteiger partial charge in [-0.05, 0) is 68.1 Å². The lowest BCUT2D eigenvalue weighted by Crippen LogP contribution is -2.24. The Labute approximate surface area is 219 Å². The molecule has 4 heterocycles. The minimum absolute atomic E-state index is 0.0633. The van der Waals surface area contributed by atoms with E-state index in [9.17, 15) is 4.79 Å². The molecule has 0 bridgehead atoms. The SMILES string of the molecule is CC(C)n1cnnc1-c1cccc(N2Cc3ccc(-c4ccc(C(C)(C)c5nn[nH]n5)cc4)cc3C2=O)n1. The molecule has 5 aromatic rings. The molecule has 190 valence electrons. The molecule has 0 atom stereocenters. The Hall–Kier alpha value is -4.73. The van der Waals surface area contributed by atoms with Crippen molar-refractivity contribution in [2.24, 2.45) is 0 Å². The zero-order valence-electron chi connectivity index (χ0n) is 21.6. The number of pyridine rings is 1. The second-order valence-corrected chi connectivity index (χ2v) is 10.2. The standard InChI is InChI=1S/C28H27N9O/c1-17(2)37-16-29-31-25(37)23-6-5-7-24(30-23)36-15-20-9-8-19(14-22(20)26(36)38)18-10-12-21(13-11-18)28(3,4)27-32-34-35-33-27/h5-14,16-17H,15H2,1-4H3,(H,32,33,34,35). The normalized spacial score (nSPS) is 13.4. The van der Waals surface area contributed by atoms with Crippen molar-refractivity contribution in [2.45, 2.75) is 45.7 Å². The average molecular weight is 506 g/mol. The number of benzene rings is 2. The number of tetrazole rings is 1. The van der Waals surface area contributed by atoms with Crippen LogP contribution in [0.15, 0.2) is 67.0 Å². The molecule has 2 aromatic carbocycles. The zero-order valence-corrected chi connectivity index (χ0v) is 21.6. The van der Waals surface area contributed by atoms with Gasteiger partial charge < -0.3 is 4.57 Å². The van der Waals surface area contributed by atoms with Crippen molar-refractivity contribution in [3.63, 3.8) is 0 Å². The Morgan fingerprint density at radius 1 is 0.974 bits per heavy atom. The summed E-state index contributed by atoms with van der Waals surface area (Å²) in [6, 6.07) is 20.2. The number of aromatic amines is 1. The molecular weight excluding hydrogens is 478 g/mol. The number of H-pyrrole nitrogens is 1. The summed E-state index contributed by atoms with van der Waals surface area (Å²) >= 11 is 0. The molecule has 0 aliphatic carbocycles. The highest BCUT2D eigenvalue weighted by molar-refractivity contribution is 6.10. The number of nitrogens with one attached hydrogen (secondary N) is 1. The number of hydrogen-bond donors (Lipinski definition) is 1. The van der Waals surface area contributed by atoms with Gasteiger partial charge in [0.2, 0.25) is 0 Å². The van der Waals surface area contributed by atoms with E-state index in [1.165, 1.54) is 0 Å². The van der Waals surface area contributed by atoms with E-state index in [2.05, 4.69) is 88.8 Å². The molecule has 3 aromatic heterocycles. The van der Waals surface area contributed by atoms with Gasteiger partial charge in [0.25, 0.3) is 5.91 Å². The number of aromatic nitrogens is 8. The van der Waals surface area contributed by atoms with Gasteiger partial charge in [0.15, 0.2) is 11.6 Å². The molecule has 6 rings (SSSR count). The van der Waals surface area contributed by atoms with Crippen LogP contribution >= 0.6 is 0 Å². The first-order chi connectivity index (χ1) is 18.3. The van der Waals surface area contributed by atoms with Crippen LogP contribution in [0.25, 0.3) is 22.6 Å². The van der Waals surface area contributed by atoms with Crippen LogP contribution in [0, 0.1) is 0 Å². The van der Waals surface area contributed by atoms with Gasteiger partial charge in [-0.25, -0.2) is 4.98 Å². The number of carbonyl (C=O) groups excluding carboxylic acids is 1. The first-order valence-electron chi connectivity index (χ1n) is 12.5. The predicted octanol–water partition coefficient (Wildman–Crippen LogP) is 4.59. The molecule has 1 aliphatic rings. The van der Waals surface area contributed by atoms with Gasteiger partial charge in [-0.1, -0.05) is 47.7 Å². The van der Waals surface area contributed by atoms with Crippen LogP contribution < -0.4 is 4.90 Å². The first-order valence-corrected chi connectivity index (χ1v) is 12.5. The molecule has 10 nitrogen and oxygen atoms in total. The number of anilines is 1. The molecule has 0 radical (unpaired) electrons. The fourth-order valence-electron chi connectivity index (χ4n) is 4.80. The van der Waals surface area contributed by atoms with Gasteiger partial charge in [0, 0.05) is 11.6 Å². The van der Waals surface area contributed by atoms with E-state index in [-0.39, 0.29) is 17.4 Å². The molecule has 1 aliphatic heterocycles. The van der Waals surface area contributed by atoms with E-state index in [1.54, 1.807) is 11.2 Å². The Morgan fingerprint density at radius 2 is 1.76 bits per heavy atom. The molecule has 0 saturated heterocycles. The van der Waals surface area contributed by atoms with Crippen molar-refractivity contribution in [1.82, 2.24) is 40.4 Å². The average Bonchev–Trinajstić information content (AvgIpc) is 3.70. The van der Waals surface area contributed by atoms with Gasteiger partial charge in [-0.2, -0.15) is 5.21 Å². The number of hydrogen-bond acceptors (Lipinski definition) is 7. The lowest BCUT2D eigenvalue weighted by Gasteiger charge is -2.21. The molecular formula is C28H27N9O. The molecule has 1 amide bonds. The fourth-order valence-corrected chi connectivity index (χ4v) is 4.80. The topological polar surface area (TPSA) is 118 Å². The second-order valence-electron chi connectivity index (χ2n) is 10.2. The number of carbonyl (C=O) groups is 1. The molecule has 1 N–H and O–H groups in total. The highest BCUT2D eigenvalue weighted by atomic mass is 16.2. The smallest absolute Gasteiger partial charge is 0.260 e. The minimum Gasteiger partial charge on any atom is -0.310 e. The van der Waals surface area contributed by atoms with Crippen molar-refractivity contribution in [2.75, 3.05) is 4.90 Å². The third-order valence-corrected chi connectivity index (χ3v) is 7.13. The van der Waals surface area contributed by atoms with Crippen molar-refractivity contribution in [3.05, 3.63) is 89.5 Å². The van der Waals surface area contributed by atoms with Gasteiger partial charge in [0.1, 0.15) is 17.8 Å². The summed E-state index contributed by atoms with van der Waals surface area (Å²) in [6.45, 7) is 8.73. The summed E-state index contributed by atoms with van der Waals surface area (Å²) in [5.41, 5.74) is 5.05. The Morgan fingerprint density at radius 3 is 2.50 bits per heavy atom. The third kappa shape index (κ3) is 3.94. The Kier molecular flexibility index (Phi) is 5.59. The highest BCUT2D eigenvalue weighted by Gasteiger charge is 2.31. The van der Waals surface area contributed by atoms with Gasteiger partial charge in [0.05, 0.1) is 12.0 Å². The van der Waals surface area contributed by atoms with Crippen LogP contribution in [0.4, 0.5) is 5.82 Å². The van der Waals surface area contributed by atoms with Crippen molar-refractivity contribution in [1.29, 1.82) is 0 Å². The molecule has 0 fully saturated rings. The van der Waals surface area contributed by atoms with Crippen LogP contribution in [0.2, 0.25) is 0 Å². The number of nitrogens with zero attached hydrogens (tertiary/aromatic N) is 8. The number of amides is 1. The maximum absolute atomic E-state index is 13.5. The fraction of sp³-hybridized carbons (Fsp3) is 0.250. The monoisotopic (exact) mass is 505 g/mol. The van der Waals surface area contributed by atoms with E-state index in [0.717, 1.165) is 22.3 Å². The van der Waals surface area contributed by atoms with E-state index < -0.39 is 0 Å². The minimum atomic E-state index is -0.385. The Balaban J connectivity index is 1.26. The first kappa shape index (κ1) is 23.7. The number of rotatable bonds is 6. The summed E-state index contributed by atoms with van der Waals surface area (Å²) < 4.78 is 1.97. The molecule has 10 heteroatoms. The van der Waals surface area contributed by atoms with Gasteiger partial charge in [-0.15, -0.1) is 20.4 Å². The third-order valence-electron chi connectivity index (χ3n) is 7.13. The van der Waals surface area contributed by atoms with Crippen LogP contribution in [-0.4, -0.2) is 46.3 Å². The zero-order chi connectivity index (χ0) is 26.4. The van der Waals surface area contributed by atoms with Crippen molar-refractivity contribution < 1.29 is 4.79 Å². The van der Waals surface area contributed by atoms with Crippen LogP contribution in [0.1, 0.15) is 61.0 Å². The lowest BCUT2D eigenvalue weighted by atomic mass is 9.83. The molecule has 0 saturated carbocycles. The van der Waals surface area contributed by atoms with E-state index in [1.807, 2.05) is 34.9 Å². The highest BCUT2D eigenvalue weighted by Crippen LogP contribution is 2.34. The van der Waals surface area contributed by atoms with E-state index in [0.29, 0.717) is 35.3 Å². The van der Waals surface area contributed by atoms with Crippen molar-refractivity contribution >= 4 is 11.7 Å². The molecule has 0 unspecified atom stereocenters. The molecule has 38 heavy (non-hydrogen) atoms. The van der Waals surface area contributed by atoms with Crippen LogP contribution in [0.3, 0.4) is 0 Å². The molecule has 0 spiro atoms. The lowest BCUT2D eigenvalue weighted by molar-refractivity contribution is 0.0996. The quantitative estimate of drug-likeness (QED) is 0.359. The summed E-state index contributed by atoms with van der Waals surface area (Å²) in [4.78, 5) is 20.0. The largest absolute Gasteiger partial charge is 0.310 e. The van der Waals surface area contributed by atoms with Gasteiger partial charge >= 0.3 is 0 Å². The summed E-state index contributed by atoms with van der Waals surface area (Å²) in [5.74, 6) is 1.85. The Bertz CT molecular complexity index is 1620. The summed E-state index contributed by atoms with van der Waals surface area (Å²) in [6.07, 6.45) is 1.70. The van der Waals surface area contributed by atoms with Crippen molar-refractivity contribution in [3.8, 4) is 22.6 Å². The van der Waals surface area contributed by atoms with E-state index in [4.69, 9.17) is 4.98 Å². The maximum atomic E-state index is 13.5.